The molecule has 6 nitrogen and oxygen atoms in total. The van der Waals surface area contributed by atoms with E-state index in [0.717, 1.165) is 9.87 Å². The van der Waals surface area contributed by atoms with Crippen LogP contribution in [0, 0.1) is 6.92 Å². The number of hydrogen-bond donors (Lipinski definition) is 1. The minimum Gasteiger partial charge on any atom is -0.484 e. The minimum absolute atomic E-state index is 0.162. The summed E-state index contributed by atoms with van der Waals surface area (Å²) >= 11 is 0. The van der Waals surface area contributed by atoms with Gasteiger partial charge in [0.15, 0.2) is 6.61 Å². The van der Waals surface area contributed by atoms with Crippen molar-refractivity contribution in [3.63, 3.8) is 0 Å². The van der Waals surface area contributed by atoms with E-state index >= 15 is 0 Å². The first-order chi connectivity index (χ1) is 12.6. The van der Waals surface area contributed by atoms with Crippen LogP contribution >= 0.6 is 0 Å². The zero-order chi connectivity index (χ0) is 20.2. The average Bonchev–Trinajstić information content (AvgIpc) is 2.61. The van der Waals surface area contributed by atoms with Gasteiger partial charge in [0.25, 0.3) is 5.91 Å². The lowest BCUT2D eigenvalue weighted by Crippen LogP contribution is -2.24. The van der Waals surface area contributed by atoms with Gasteiger partial charge in [-0.15, -0.1) is 0 Å². The Labute approximate surface area is 161 Å². The van der Waals surface area contributed by atoms with E-state index in [1.54, 1.807) is 25.1 Å². The normalized spacial score (nSPS) is 11.7. The topological polar surface area (TPSA) is 75.7 Å². The molecule has 0 aliphatic rings. The van der Waals surface area contributed by atoms with Crippen LogP contribution in [0.1, 0.15) is 30.9 Å². The van der Waals surface area contributed by atoms with Gasteiger partial charge in [-0.2, -0.15) is 0 Å². The molecular formula is C20H26N2O4S. The number of amides is 1. The van der Waals surface area contributed by atoms with E-state index in [9.17, 15) is 13.2 Å². The summed E-state index contributed by atoms with van der Waals surface area (Å²) in [4.78, 5) is 12.4. The molecule has 2 aromatic carbocycles. The van der Waals surface area contributed by atoms with Gasteiger partial charge in [-0.05, 0) is 48.2 Å². The lowest BCUT2D eigenvalue weighted by Gasteiger charge is -2.15. The molecule has 1 N–H and O–H groups in total. The van der Waals surface area contributed by atoms with Crippen LogP contribution in [-0.2, 0) is 14.8 Å². The van der Waals surface area contributed by atoms with Gasteiger partial charge in [0, 0.05) is 19.8 Å². The van der Waals surface area contributed by atoms with Crippen molar-refractivity contribution in [2.24, 2.45) is 0 Å². The first-order valence-corrected chi connectivity index (χ1v) is 10.1. The van der Waals surface area contributed by atoms with Crippen molar-refractivity contribution in [2.45, 2.75) is 31.6 Å². The maximum atomic E-state index is 12.4. The van der Waals surface area contributed by atoms with Gasteiger partial charge in [0.05, 0.1) is 4.90 Å². The smallest absolute Gasteiger partial charge is 0.262 e. The van der Waals surface area contributed by atoms with E-state index in [-0.39, 0.29) is 17.4 Å². The molecule has 0 saturated carbocycles. The second kappa shape index (κ2) is 8.54. The molecule has 0 bridgehead atoms. The Morgan fingerprint density at radius 3 is 2.48 bits per heavy atom. The Kier molecular flexibility index (Phi) is 6.62. The summed E-state index contributed by atoms with van der Waals surface area (Å²) in [6.45, 7) is 5.73. The summed E-state index contributed by atoms with van der Waals surface area (Å²) in [5.74, 6) is 0.630. The van der Waals surface area contributed by atoms with Crippen molar-refractivity contribution < 1.29 is 17.9 Å². The summed E-state index contributed by atoms with van der Waals surface area (Å²) in [5, 5.41) is 2.68. The summed E-state index contributed by atoms with van der Waals surface area (Å²) in [5.41, 5.74) is 2.15. The molecule has 0 saturated heterocycles. The maximum absolute atomic E-state index is 12.4. The van der Waals surface area contributed by atoms with Gasteiger partial charge in [0.2, 0.25) is 10.0 Å². The van der Waals surface area contributed by atoms with Crippen molar-refractivity contribution in [1.29, 1.82) is 0 Å². The Hall–Kier alpha value is -2.38. The molecule has 0 heterocycles. The molecule has 0 atom stereocenters. The number of carbonyl (C=O) groups excluding carboxylic acids is 1. The van der Waals surface area contributed by atoms with E-state index in [1.807, 2.05) is 18.2 Å². The molecule has 2 rings (SSSR count). The third-order valence-corrected chi connectivity index (χ3v) is 6.08. The fourth-order valence-corrected chi connectivity index (χ4v) is 3.61. The molecule has 27 heavy (non-hydrogen) atoms. The number of aryl methyl sites for hydroxylation is 1. The predicted octanol–water partition coefficient (Wildman–Crippen LogP) is 3.39. The lowest BCUT2D eigenvalue weighted by atomic mass is 10.0. The highest BCUT2D eigenvalue weighted by Gasteiger charge is 2.20. The molecule has 0 aliphatic heterocycles. The van der Waals surface area contributed by atoms with Crippen molar-refractivity contribution >= 4 is 21.6 Å². The molecule has 0 aromatic heterocycles. The van der Waals surface area contributed by atoms with Crippen molar-refractivity contribution in [2.75, 3.05) is 26.0 Å². The van der Waals surface area contributed by atoms with Crippen molar-refractivity contribution in [3.05, 3.63) is 53.6 Å². The average molecular weight is 391 g/mol. The number of ether oxygens (including phenoxy) is 1. The third-order valence-electron chi connectivity index (χ3n) is 4.13. The van der Waals surface area contributed by atoms with Crippen LogP contribution in [-0.4, -0.2) is 39.3 Å². The summed E-state index contributed by atoms with van der Waals surface area (Å²) < 4.78 is 31.5. The monoisotopic (exact) mass is 390 g/mol. The van der Waals surface area contributed by atoms with Crippen LogP contribution in [0.25, 0.3) is 0 Å². The molecule has 0 unspecified atom stereocenters. The first-order valence-electron chi connectivity index (χ1n) is 8.67. The summed E-state index contributed by atoms with van der Waals surface area (Å²) in [6, 6.07) is 12.4. The summed E-state index contributed by atoms with van der Waals surface area (Å²) in [6.07, 6.45) is 0. The molecule has 0 aliphatic carbocycles. The molecule has 7 heteroatoms. The zero-order valence-corrected chi connectivity index (χ0v) is 17.1. The zero-order valence-electron chi connectivity index (χ0n) is 16.3. The van der Waals surface area contributed by atoms with Gasteiger partial charge >= 0.3 is 0 Å². The van der Waals surface area contributed by atoms with E-state index < -0.39 is 10.0 Å². The highest BCUT2D eigenvalue weighted by Crippen LogP contribution is 2.23. The van der Waals surface area contributed by atoms with Crippen molar-refractivity contribution in [1.82, 2.24) is 4.31 Å². The van der Waals surface area contributed by atoms with Crippen LogP contribution in [0.5, 0.6) is 5.75 Å². The second-order valence-corrected chi connectivity index (χ2v) is 8.95. The standard InChI is InChI=1S/C20H26N2O4S/c1-14(2)16-7-6-8-18(11-16)26-13-20(23)21-17-10-9-15(3)19(12-17)27(24,25)22(4)5/h6-12,14H,13H2,1-5H3,(H,21,23). The third kappa shape index (κ3) is 5.30. The lowest BCUT2D eigenvalue weighted by molar-refractivity contribution is -0.118. The van der Waals surface area contributed by atoms with E-state index in [1.165, 1.54) is 20.2 Å². The minimum atomic E-state index is -3.58. The Morgan fingerprint density at radius 2 is 1.85 bits per heavy atom. The summed E-state index contributed by atoms with van der Waals surface area (Å²) in [7, 11) is -0.641. The van der Waals surface area contributed by atoms with Crippen LogP contribution in [0.3, 0.4) is 0 Å². The Balaban J connectivity index is 2.07. The SMILES string of the molecule is Cc1ccc(NC(=O)COc2cccc(C(C)C)c2)cc1S(=O)(=O)N(C)C. The number of carbonyl (C=O) groups is 1. The molecule has 2 aromatic rings. The number of nitrogens with one attached hydrogen (secondary N) is 1. The number of benzene rings is 2. The number of hydrogen-bond acceptors (Lipinski definition) is 4. The van der Waals surface area contributed by atoms with E-state index in [4.69, 9.17) is 4.74 Å². The molecule has 1 amide bonds. The number of anilines is 1. The van der Waals surface area contributed by atoms with Crippen LogP contribution in [0.15, 0.2) is 47.4 Å². The second-order valence-electron chi connectivity index (χ2n) is 6.83. The molecular weight excluding hydrogens is 364 g/mol. The van der Waals surface area contributed by atoms with Crippen molar-refractivity contribution in [3.8, 4) is 5.75 Å². The van der Waals surface area contributed by atoms with Gasteiger partial charge in [0.1, 0.15) is 5.75 Å². The van der Waals surface area contributed by atoms with Crippen LogP contribution in [0.4, 0.5) is 5.69 Å². The quantitative estimate of drug-likeness (QED) is 0.786. The predicted molar refractivity (Wildman–Crippen MR) is 107 cm³/mol. The highest BCUT2D eigenvalue weighted by molar-refractivity contribution is 7.89. The molecule has 0 spiro atoms. The van der Waals surface area contributed by atoms with Gasteiger partial charge in [-0.25, -0.2) is 12.7 Å². The maximum Gasteiger partial charge on any atom is 0.262 e. The van der Waals surface area contributed by atoms with Gasteiger partial charge < -0.3 is 10.1 Å². The Morgan fingerprint density at radius 1 is 1.15 bits per heavy atom. The van der Waals surface area contributed by atoms with Gasteiger partial charge in [-0.3, -0.25) is 4.79 Å². The number of rotatable bonds is 7. The highest BCUT2D eigenvalue weighted by atomic mass is 32.2. The van der Waals surface area contributed by atoms with Crippen LogP contribution in [0.2, 0.25) is 0 Å². The number of sulfonamides is 1. The molecule has 0 radical (unpaired) electrons. The van der Waals surface area contributed by atoms with Crippen LogP contribution < -0.4 is 10.1 Å². The first kappa shape index (κ1) is 20.9. The molecule has 146 valence electrons. The van der Waals surface area contributed by atoms with E-state index in [2.05, 4.69) is 19.2 Å². The molecule has 0 fully saturated rings. The largest absolute Gasteiger partial charge is 0.484 e. The Bertz CT molecular complexity index is 921. The van der Waals surface area contributed by atoms with E-state index in [0.29, 0.717) is 22.9 Å². The number of nitrogens with zero attached hydrogens (tertiary/aromatic N) is 1. The van der Waals surface area contributed by atoms with Gasteiger partial charge in [-0.1, -0.05) is 32.0 Å². The fourth-order valence-electron chi connectivity index (χ4n) is 2.46. The fraction of sp³-hybridized carbons (Fsp3) is 0.350.